The molecule has 0 unspecified atom stereocenters. The highest BCUT2D eigenvalue weighted by Gasteiger charge is 2.13. The molecule has 0 saturated carbocycles. The van der Waals surface area contributed by atoms with Gasteiger partial charge in [-0.2, -0.15) is 5.10 Å². The molecule has 7 heteroatoms. The summed E-state index contributed by atoms with van der Waals surface area (Å²) in [7, 11) is 1.57. The Morgan fingerprint density at radius 1 is 1.35 bits per heavy atom. The van der Waals surface area contributed by atoms with Gasteiger partial charge >= 0.3 is 0 Å². The van der Waals surface area contributed by atoms with Gasteiger partial charge in [0.15, 0.2) is 11.5 Å². The van der Waals surface area contributed by atoms with Crippen LogP contribution in [0.5, 0.6) is 0 Å². The average Bonchev–Trinajstić information content (AvgIpc) is 2.91. The number of amides is 1. The molecule has 20 heavy (non-hydrogen) atoms. The molecule has 0 radical (unpaired) electrons. The van der Waals surface area contributed by atoms with E-state index in [-0.39, 0.29) is 5.91 Å². The van der Waals surface area contributed by atoms with Gasteiger partial charge in [-0.05, 0) is 26.8 Å². The summed E-state index contributed by atoms with van der Waals surface area (Å²) in [6.45, 7) is 6.54. The van der Waals surface area contributed by atoms with E-state index in [9.17, 15) is 4.79 Å². The maximum absolute atomic E-state index is 11.5. The standard InChI is InChI=1S/C13H18N6O/c1-5-15-11-8(2)12(17-9(3)16-11)19-7-6-10(18-19)13(20)14-4/h6-7H,5H2,1-4H3,(H,14,20)(H,15,16,17). The highest BCUT2D eigenvalue weighted by molar-refractivity contribution is 5.91. The molecular formula is C13H18N6O. The quantitative estimate of drug-likeness (QED) is 0.871. The number of hydrogen-bond donors (Lipinski definition) is 2. The van der Waals surface area contributed by atoms with Gasteiger partial charge in [0.25, 0.3) is 5.91 Å². The van der Waals surface area contributed by atoms with Crippen molar-refractivity contribution in [2.75, 3.05) is 18.9 Å². The molecule has 0 aliphatic rings. The summed E-state index contributed by atoms with van der Waals surface area (Å²) in [5.74, 6) is 1.88. The molecule has 7 nitrogen and oxygen atoms in total. The molecule has 0 bridgehead atoms. The molecule has 0 aliphatic heterocycles. The predicted octanol–water partition coefficient (Wildman–Crippen LogP) is 1.07. The van der Waals surface area contributed by atoms with Crippen molar-refractivity contribution in [1.29, 1.82) is 0 Å². The van der Waals surface area contributed by atoms with Crippen LogP contribution >= 0.6 is 0 Å². The van der Waals surface area contributed by atoms with Crippen molar-refractivity contribution < 1.29 is 4.79 Å². The minimum Gasteiger partial charge on any atom is -0.370 e. The molecule has 2 N–H and O–H groups in total. The zero-order valence-corrected chi connectivity index (χ0v) is 12.1. The fourth-order valence-corrected chi connectivity index (χ4v) is 1.87. The first-order chi connectivity index (χ1) is 9.56. The Morgan fingerprint density at radius 2 is 2.10 bits per heavy atom. The summed E-state index contributed by atoms with van der Waals surface area (Å²) in [6, 6.07) is 1.66. The Balaban J connectivity index is 2.46. The van der Waals surface area contributed by atoms with E-state index < -0.39 is 0 Å². The third-order valence-corrected chi connectivity index (χ3v) is 2.84. The van der Waals surface area contributed by atoms with E-state index in [1.54, 1.807) is 24.0 Å². The normalized spacial score (nSPS) is 10.4. The van der Waals surface area contributed by atoms with Crippen molar-refractivity contribution in [3.8, 4) is 5.82 Å². The molecule has 2 aromatic rings. The van der Waals surface area contributed by atoms with Gasteiger partial charge in [0.05, 0.1) is 0 Å². The Labute approximate surface area is 117 Å². The lowest BCUT2D eigenvalue weighted by Gasteiger charge is -2.11. The van der Waals surface area contributed by atoms with Gasteiger partial charge in [-0.25, -0.2) is 14.6 Å². The van der Waals surface area contributed by atoms with Crippen LogP contribution in [-0.4, -0.2) is 39.2 Å². The Bertz CT molecular complexity index is 634. The van der Waals surface area contributed by atoms with Gasteiger partial charge in [0.2, 0.25) is 0 Å². The molecule has 0 atom stereocenters. The average molecular weight is 274 g/mol. The first-order valence-corrected chi connectivity index (χ1v) is 6.44. The van der Waals surface area contributed by atoms with Crippen LogP contribution in [0, 0.1) is 13.8 Å². The number of nitrogens with zero attached hydrogens (tertiary/aromatic N) is 4. The topological polar surface area (TPSA) is 84.7 Å². The summed E-state index contributed by atoms with van der Waals surface area (Å²) in [5, 5.41) is 9.98. The Hall–Kier alpha value is -2.44. The molecule has 0 spiro atoms. The zero-order chi connectivity index (χ0) is 14.7. The molecule has 2 rings (SSSR count). The molecule has 0 aliphatic carbocycles. The third-order valence-electron chi connectivity index (χ3n) is 2.84. The minimum atomic E-state index is -0.223. The van der Waals surface area contributed by atoms with E-state index in [1.165, 1.54) is 0 Å². The summed E-state index contributed by atoms with van der Waals surface area (Å²) in [4.78, 5) is 20.3. The molecule has 106 valence electrons. The van der Waals surface area contributed by atoms with E-state index in [0.29, 0.717) is 17.3 Å². The molecule has 1 amide bonds. The maximum Gasteiger partial charge on any atom is 0.271 e. The number of aromatic nitrogens is 4. The van der Waals surface area contributed by atoms with Crippen molar-refractivity contribution in [3.05, 3.63) is 29.3 Å². The largest absolute Gasteiger partial charge is 0.370 e. The van der Waals surface area contributed by atoms with Crippen LogP contribution in [0.15, 0.2) is 12.3 Å². The molecule has 2 aromatic heterocycles. The number of carbonyl (C=O) groups is 1. The van der Waals surface area contributed by atoms with E-state index in [2.05, 4.69) is 25.7 Å². The van der Waals surface area contributed by atoms with Crippen LogP contribution in [0.3, 0.4) is 0 Å². The highest BCUT2D eigenvalue weighted by atomic mass is 16.1. The van der Waals surface area contributed by atoms with Crippen LogP contribution in [0.4, 0.5) is 5.82 Å². The van der Waals surface area contributed by atoms with Gasteiger partial charge < -0.3 is 10.6 Å². The Kier molecular flexibility index (Phi) is 3.97. The van der Waals surface area contributed by atoms with Crippen molar-refractivity contribution in [2.24, 2.45) is 0 Å². The van der Waals surface area contributed by atoms with Crippen molar-refractivity contribution in [3.63, 3.8) is 0 Å². The number of rotatable bonds is 4. The van der Waals surface area contributed by atoms with Gasteiger partial charge in [-0.3, -0.25) is 4.79 Å². The molecule has 0 fully saturated rings. The van der Waals surface area contributed by atoms with E-state index >= 15 is 0 Å². The number of hydrogen-bond acceptors (Lipinski definition) is 5. The number of aryl methyl sites for hydroxylation is 1. The molecule has 0 aromatic carbocycles. The number of nitrogens with one attached hydrogen (secondary N) is 2. The fraction of sp³-hybridized carbons (Fsp3) is 0.385. The summed E-state index contributed by atoms with van der Waals surface area (Å²) >= 11 is 0. The lowest BCUT2D eigenvalue weighted by Crippen LogP contribution is -2.19. The lowest BCUT2D eigenvalue weighted by atomic mass is 10.3. The van der Waals surface area contributed by atoms with Gasteiger partial charge in [-0.15, -0.1) is 0 Å². The smallest absolute Gasteiger partial charge is 0.271 e. The van der Waals surface area contributed by atoms with Gasteiger partial charge in [-0.1, -0.05) is 0 Å². The van der Waals surface area contributed by atoms with Gasteiger partial charge in [0, 0.05) is 25.4 Å². The SMILES string of the molecule is CCNc1nc(C)nc(-n2ccc(C(=O)NC)n2)c1C. The van der Waals surface area contributed by atoms with E-state index in [1.807, 2.05) is 20.8 Å². The second kappa shape index (κ2) is 5.68. The van der Waals surface area contributed by atoms with E-state index in [4.69, 9.17) is 0 Å². The van der Waals surface area contributed by atoms with Crippen molar-refractivity contribution in [1.82, 2.24) is 25.1 Å². The zero-order valence-electron chi connectivity index (χ0n) is 12.1. The molecule has 0 saturated heterocycles. The minimum absolute atomic E-state index is 0.223. The van der Waals surface area contributed by atoms with E-state index in [0.717, 1.165) is 17.9 Å². The number of carbonyl (C=O) groups excluding carboxylic acids is 1. The Morgan fingerprint density at radius 3 is 2.75 bits per heavy atom. The molecular weight excluding hydrogens is 256 g/mol. The van der Waals surface area contributed by atoms with Crippen LogP contribution in [0.25, 0.3) is 5.82 Å². The lowest BCUT2D eigenvalue weighted by molar-refractivity contribution is 0.0957. The third kappa shape index (κ3) is 2.61. The van der Waals surface area contributed by atoms with Crippen LogP contribution in [0.1, 0.15) is 28.8 Å². The summed E-state index contributed by atoms with van der Waals surface area (Å²) < 4.78 is 1.59. The highest BCUT2D eigenvalue weighted by Crippen LogP contribution is 2.18. The van der Waals surface area contributed by atoms with Crippen molar-refractivity contribution in [2.45, 2.75) is 20.8 Å². The first-order valence-electron chi connectivity index (χ1n) is 6.44. The monoisotopic (exact) mass is 274 g/mol. The van der Waals surface area contributed by atoms with Crippen LogP contribution in [0.2, 0.25) is 0 Å². The molecule has 2 heterocycles. The maximum atomic E-state index is 11.5. The summed E-state index contributed by atoms with van der Waals surface area (Å²) in [6.07, 6.45) is 1.72. The predicted molar refractivity (Wildman–Crippen MR) is 76.2 cm³/mol. The van der Waals surface area contributed by atoms with Crippen LogP contribution in [-0.2, 0) is 0 Å². The second-order valence-corrected chi connectivity index (χ2v) is 4.32. The van der Waals surface area contributed by atoms with Crippen LogP contribution < -0.4 is 10.6 Å². The van der Waals surface area contributed by atoms with Gasteiger partial charge in [0.1, 0.15) is 11.6 Å². The number of anilines is 1. The second-order valence-electron chi connectivity index (χ2n) is 4.32. The first kappa shape index (κ1) is 14.0. The summed E-state index contributed by atoms with van der Waals surface area (Å²) in [5.41, 5.74) is 1.25. The van der Waals surface area contributed by atoms with Crippen molar-refractivity contribution >= 4 is 11.7 Å². The fourth-order valence-electron chi connectivity index (χ4n) is 1.87.